The molecule has 0 radical (unpaired) electrons. The van der Waals surface area contributed by atoms with Gasteiger partial charge < -0.3 is 15.3 Å². The van der Waals surface area contributed by atoms with Crippen LogP contribution in [0.3, 0.4) is 0 Å². The lowest BCUT2D eigenvalue weighted by Crippen LogP contribution is -2.42. The van der Waals surface area contributed by atoms with Crippen LogP contribution in [-0.2, 0) is 20.6 Å². The van der Waals surface area contributed by atoms with E-state index in [1.54, 1.807) is 24.3 Å². The Kier molecular flexibility index (Phi) is 5.92. The summed E-state index contributed by atoms with van der Waals surface area (Å²) >= 11 is 0. The van der Waals surface area contributed by atoms with Crippen molar-refractivity contribution in [2.24, 2.45) is 0 Å². The zero-order valence-electron chi connectivity index (χ0n) is 11.2. The van der Waals surface area contributed by atoms with Crippen molar-refractivity contribution in [1.82, 2.24) is 5.32 Å². The number of benzene rings is 1. The molecule has 0 saturated heterocycles. The summed E-state index contributed by atoms with van der Waals surface area (Å²) < 4.78 is 11.2. The van der Waals surface area contributed by atoms with Gasteiger partial charge in [-0.15, -0.1) is 0 Å². The minimum Gasteiger partial charge on any atom is -0.480 e. The molecule has 0 fully saturated rings. The van der Waals surface area contributed by atoms with Crippen molar-refractivity contribution in [3.8, 4) is 0 Å². The number of rotatable bonds is 7. The largest absolute Gasteiger partial charge is 0.480 e. The van der Waals surface area contributed by atoms with Crippen molar-refractivity contribution in [3.63, 3.8) is 0 Å². The van der Waals surface area contributed by atoms with Crippen molar-refractivity contribution < 1.29 is 24.2 Å². The molecular formula is C13H18NO5P. The average molecular weight is 299 g/mol. The van der Waals surface area contributed by atoms with Crippen LogP contribution < -0.4 is 5.32 Å². The van der Waals surface area contributed by atoms with E-state index in [1.807, 2.05) is 6.07 Å². The van der Waals surface area contributed by atoms with Gasteiger partial charge in [-0.25, -0.2) is 4.79 Å². The lowest BCUT2D eigenvalue weighted by atomic mass is 10.1. The van der Waals surface area contributed by atoms with E-state index in [0.29, 0.717) is 0 Å². The van der Waals surface area contributed by atoms with Crippen molar-refractivity contribution in [2.75, 3.05) is 12.8 Å². The highest BCUT2D eigenvalue weighted by atomic mass is 31.2. The van der Waals surface area contributed by atoms with Crippen LogP contribution in [-0.4, -0.2) is 40.7 Å². The van der Waals surface area contributed by atoms with Crippen LogP contribution in [0, 0.1) is 0 Å². The lowest BCUT2D eigenvalue weighted by molar-refractivity contribution is -0.141. The predicted molar refractivity (Wildman–Crippen MR) is 74.9 cm³/mol. The number of carbonyl (C=O) groups excluding carboxylic acids is 1. The maximum Gasteiger partial charge on any atom is 0.326 e. The van der Waals surface area contributed by atoms with Gasteiger partial charge in [0, 0.05) is 12.8 Å². The molecule has 1 aromatic carbocycles. The SMILES string of the molecule is CP(=O)(O)CCC(NC(=O)Cc1ccccc1)C(=O)O. The van der Waals surface area contributed by atoms with Crippen LogP contribution in [0.15, 0.2) is 30.3 Å². The molecule has 0 aliphatic rings. The maximum atomic E-state index is 11.7. The van der Waals surface area contributed by atoms with E-state index < -0.39 is 25.3 Å². The molecule has 0 saturated carbocycles. The Labute approximate surface area is 117 Å². The van der Waals surface area contributed by atoms with Crippen molar-refractivity contribution in [3.05, 3.63) is 35.9 Å². The molecule has 0 heterocycles. The molecule has 6 nitrogen and oxygen atoms in total. The fraction of sp³-hybridized carbons (Fsp3) is 0.385. The van der Waals surface area contributed by atoms with E-state index in [9.17, 15) is 14.2 Å². The Balaban J connectivity index is 2.55. The zero-order valence-corrected chi connectivity index (χ0v) is 12.0. The van der Waals surface area contributed by atoms with E-state index >= 15 is 0 Å². The molecule has 2 atom stereocenters. The number of carboxylic acids is 1. The quantitative estimate of drug-likeness (QED) is 0.654. The Morgan fingerprint density at radius 3 is 2.40 bits per heavy atom. The molecule has 1 rings (SSSR count). The van der Waals surface area contributed by atoms with Gasteiger partial charge in [0.25, 0.3) is 0 Å². The number of carbonyl (C=O) groups is 2. The van der Waals surface area contributed by atoms with Gasteiger partial charge in [-0.1, -0.05) is 30.3 Å². The highest BCUT2D eigenvalue weighted by Gasteiger charge is 2.22. The first-order chi connectivity index (χ1) is 9.28. The number of carboxylic acid groups (broad SMARTS) is 1. The summed E-state index contributed by atoms with van der Waals surface area (Å²) in [5.74, 6) is -1.63. The third kappa shape index (κ3) is 6.50. The number of hydrogen-bond acceptors (Lipinski definition) is 3. The number of nitrogens with one attached hydrogen (secondary N) is 1. The molecule has 1 aromatic rings. The van der Waals surface area contributed by atoms with Crippen LogP contribution >= 0.6 is 7.37 Å². The second-order valence-corrected chi connectivity index (χ2v) is 7.23. The molecule has 0 aliphatic heterocycles. The second kappa shape index (κ2) is 7.22. The minimum atomic E-state index is -3.28. The normalized spacial score (nSPS) is 15.1. The first-order valence-electron chi connectivity index (χ1n) is 6.13. The van der Waals surface area contributed by atoms with Crippen LogP contribution in [0.5, 0.6) is 0 Å². The van der Waals surface area contributed by atoms with Gasteiger partial charge in [-0.3, -0.25) is 9.36 Å². The average Bonchev–Trinajstić information content (AvgIpc) is 2.34. The number of aliphatic carboxylic acids is 1. The first-order valence-corrected chi connectivity index (χ1v) is 8.42. The monoisotopic (exact) mass is 299 g/mol. The molecule has 0 bridgehead atoms. The number of amides is 1. The smallest absolute Gasteiger partial charge is 0.326 e. The molecule has 2 unspecified atom stereocenters. The number of hydrogen-bond donors (Lipinski definition) is 3. The van der Waals surface area contributed by atoms with Crippen LogP contribution in [0.4, 0.5) is 0 Å². The topological polar surface area (TPSA) is 104 Å². The van der Waals surface area contributed by atoms with Gasteiger partial charge in [0.15, 0.2) is 7.37 Å². The molecule has 110 valence electrons. The van der Waals surface area contributed by atoms with E-state index in [2.05, 4.69) is 5.32 Å². The summed E-state index contributed by atoms with van der Waals surface area (Å²) in [6.45, 7) is 1.16. The predicted octanol–water partition coefficient (Wildman–Crippen LogP) is 1.09. The third-order valence-electron chi connectivity index (χ3n) is 2.67. The molecule has 1 amide bonds. The Hall–Kier alpha value is -1.65. The highest BCUT2D eigenvalue weighted by Crippen LogP contribution is 2.35. The highest BCUT2D eigenvalue weighted by molar-refractivity contribution is 7.57. The molecule has 0 spiro atoms. The van der Waals surface area contributed by atoms with Gasteiger partial charge in [-0.05, 0) is 12.0 Å². The van der Waals surface area contributed by atoms with E-state index in [4.69, 9.17) is 10.00 Å². The minimum absolute atomic E-state index is 0.0693. The molecule has 0 aromatic heterocycles. The van der Waals surface area contributed by atoms with Gasteiger partial charge in [0.2, 0.25) is 5.91 Å². The summed E-state index contributed by atoms with van der Waals surface area (Å²) in [7, 11) is -3.28. The van der Waals surface area contributed by atoms with Gasteiger partial charge in [0.05, 0.1) is 6.42 Å². The Bertz CT molecular complexity index is 511. The van der Waals surface area contributed by atoms with Crippen molar-refractivity contribution in [1.29, 1.82) is 0 Å². The molecule has 20 heavy (non-hydrogen) atoms. The third-order valence-corrected chi connectivity index (χ3v) is 3.76. The van der Waals surface area contributed by atoms with Gasteiger partial charge >= 0.3 is 5.97 Å². The van der Waals surface area contributed by atoms with E-state index in [0.717, 1.165) is 12.2 Å². The molecule has 0 aliphatic carbocycles. The van der Waals surface area contributed by atoms with Crippen LogP contribution in [0.25, 0.3) is 0 Å². The molecule has 7 heteroatoms. The summed E-state index contributed by atoms with van der Waals surface area (Å²) in [5.41, 5.74) is 0.775. The second-order valence-electron chi connectivity index (χ2n) is 4.68. The lowest BCUT2D eigenvalue weighted by Gasteiger charge is -2.15. The summed E-state index contributed by atoms with van der Waals surface area (Å²) in [4.78, 5) is 31.9. The Morgan fingerprint density at radius 1 is 1.30 bits per heavy atom. The fourth-order valence-corrected chi connectivity index (χ4v) is 2.39. The van der Waals surface area contributed by atoms with Gasteiger partial charge in [0.1, 0.15) is 6.04 Å². The van der Waals surface area contributed by atoms with E-state index in [1.165, 1.54) is 0 Å². The summed E-state index contributed by atoms with van der Waals surface area (Å²) in [5, 5.41) is 11.4. The zero-order chi connectivity index (χ0) is 15.2. The van der Waals surface area contributed by atoms with Crippen molar-refractivity contribution in [2.45, 2.75) is 18.9 Å². The van der Waals surface area contributed by atoms with Crippen molar-refractivity contribution >= 4 is 19.2 Å². The maximum absolute atomic E-state index is 11.7. The van der Waals surface area contributed by atoms with E-state index in [-0.39, 0.29) is 19.0 Å². The van der Waals surface area contributed by atoms with Gasteiger partial charge in [-0.2, -0.15) is 0 Å². The van der Waals surface area contributed by atoms with Crippen LogP contribution in [0.1, 0.15) is 12.0 Å². The summed E-state index contributed by atoms with van der Waals surface area (Å²) in [6, 6.07) is 7.78. The van der Waals surface area contributed by atoms with Crippen LogP contribution in [0.2, 0.25) is 0 Å². The standard InChI is InChI=1S/C13H18NO5P/c1-20(18,19)8-7-11(13(16)17)14-12(15)9-10-5-3-2-4-6-10/h2-6,11H,7-9H2,1H3,(H,14,15)(H,16,17)(H,18,19). The molecular weight excluding hydrogens is 281 g/mol. The summed E-state index contributed by atoms with van der Waals surface area (Å²) in [6.07, 6.45) is -0.136. The molecule has 3 N–H and O–H groups in total. The first kappa shape index (κ1) is 16.4. The fourth-order valence-electron chi connectivity index (χ4n) is 1.65. The Morgan fingerprint density at radius 2 is 1.90 bits per heavy atom.